The summed E-state index contributed by atoms with van der Waals surface area (Å²) < 4.78 is 16.1. The molecule has 1 aliphatic rings. The molecule has 0 fully saturated rings. The third-order valence-corrected chi connectivity index (χ3v) is 4.93. The molecule has 0 saturated carbocycles. The first-order valence-corrected chi connectivity index (χ1v) is 10.9. The lowest BCUT2D eigenvalue weighted by Crippen LogP contribution is -2.31. The van der Waals surface area contributed by atoms with E-state index in [0.29, 0.717) is 54.8 Å². The molecule has 0 bridgehead atoms. The quantitative estimate of drug-likeness (QED) is 0.287. The number of carbonyl (C=O) groups is 3. The molecule has 2 atom stereocenters. The smallest absolute Gasteiger partial charge is 0.343 e. The first-order chi connectivity index (χ1) is 15.9. The van der Waals surface area contributed by atoms with Gasteiger partial charge in [0.1, 0.15) is 23.9 Å². The van der Waals surface area contributed by atoms with Crippen molar-refractivity contribution in [1.29, 1.82) is 0 Å². The van der Waals surface area contributed by atoms with E-state index in [0.717, 1.165) is 5.57 Å². The Bertz CT molecular complexity index is 938. The van der Waals surface area contributed by atoms with Crippen molar-refractivity contribution in [2.45, 2.75) is 51.7 Å². The monoisotopic (exact) mass is 454 g/mol. The summed E-state index contributed by atoms with van der Waals surface area (Å²) in [5, 5.41) is 10.2. The second-order valence-corrected chi connectivity index (χ2v) is 7.49. The second kappa shape index (κ2) is 13.2. The van der Waals surface area contributed by atoms with Crippen molar-refractivity contribution < 1.29 is 33.7 Å². The number of hydrogen-bond acceptors (Lipinski definition) is 7. The molecule has 2 unspecified atom stereocenters. The van der Waals surface area contributed by atoms with Crippen molar-refractivity contribution in [1.82, 2.24) is 0 Å². The van der Waals surface area contributed by atoms with Crippen molar-refractivity contribution in [2.24, 2.45) is 0 Å². The van der Waals surface area contributed by atoms with Gasteiger partial charge in [-0.2, -0.15) is 0 Å². The number of allylic oxidation sites excluding steroid dienone is 5. The zero-order valence-electron chi connectivity index (χ0n) is 19.0. The minimum atomic E-state index is -0.860. The Balaban J connectivity index is 1.93. The number of aliphatic hydroxyl groups excluding tert-OH is 1. The Morgan fingerprint density at radius 2 is 1.88 bits per heavy atom. The third kappa shape index (κ3) is 8.54. The molecule has 1 N–H and O–H groups in total. The van der Waals surface area contributed by atoms with E-state index in [4.69, 9.17) is 14.2 Å². The predicted molar refractivity (Wildman–Crippen MR) is 124 cm³/mol. The molecule has 2 rings (SSSR count). The molecule has 0 amide bonds. The van der Waals surface area contributed by atoms with Gasteiger partial charge in [-0.05, 0) is 61.3 Å². The number of aldehydes is 1. The van der Waals surface area contributed by atoms with Crippen molar-refractivity contribution in [2.75, 3.05) is 6.61 Å². The summed E-state index contributed by atoms with van der Waals surface area (Å²) >= 11 is 0. The maximum atomic E-state index is 12.5. The number of hydrogen-bond donors (Lipinski definition) is 1. The number of benzene rings is 1. The van der Waals surface area contributed by atoms with Gasteiger partial charge in [-0.1, -0.05) is 25.7 Å². The molecule has 0 aliphatic heterocycles. The molecule has 0 heterocycles. The second-order valence-electron chi connectivity index (χ2n) is 7.49. The zero-order chi connectivity index (χ0) is 24.2. The van der Waals surface area contributed by atoms with Crippen LogP contribution < -0.4 is 4.74 Å². The highest BCUT2D eigenvalue weighted by Crippen LogP contribution is 2.23. The summed E-state index contributed by atoms with van der Waals surface area (Å²) in [7, 11) is 0. The van der Waals surface area contributed by atoms with Gasteiger partial charge in [0.25, 0.3) is 0 Å². The molecule has 7 heteroatoms. The third-order valence-electron chi connectivity index (χ3n) is 4.93. The van der Waals surface area contributed by atoms with Gasteiger partial charge in [0.15, 0.2) is 0 Å². The average Bonchev–Trinajstić information content (AvgIpc) is 2.82. The Labute approximate surface area is 194 Å². The maximum absolute atomic E-state index is 12.5. The lowest BCUT2D eigenvalue weighted by molar-refractivity contribution is -0.137. The summed E-state index contributed by atoms with van der Waals surface area (Å²) in [6.45, 7) is 7.52. The average molecular weight is 455 g/mol. The van der Waals surface area contributed by atoms with Crippen LogP contribution in [0.2, 0.25) is 0 Å². The Kier molecular flexibility index (Phi) is 10.3. The van der Waals surface area contributed by atoms with Crippen molar-refractivity contribution >= 4 is 18.2 Å². The van der Waals surface area contributed by atoms with Crippen molar-refractivity contribution in [3.63, 3.8) is 0 Å². The predicted octanol–water partition coefficient (Wildman–Crippen LogP) is 4.23. The number of rotatable bonds is 12. The molecule has 7 nitrogen and oxygen atoms in total. The molecular formula is C26H30O7. The van der Waals surface area contributed by atoms with Crippen LogP contribution in [0.15, 0.2) is 72.1 Å². The normalized spacial score (nSPS) is 15.1. The van der Waals surface area contributed by atoms with Gasteiger partial charge in [0.05, 0.1) is 18.3 Å². The lowest BCUT2D eigenvalue weighted by Gasteiger charge is -2.23. The Morgan fingerprint density at radius 3 is 2.45 bits per heavy atom. The van der Waals surface area contributed by atoms with Crippen LogP contribution in [-0.2, 0) is 19.1 Å². The molecule has 33 heavy (non-hydrogen) atoms. The van der Waals surface area contributed by atoms with Gasteiger partial charge >= 0.3 is 11.9 Å². The molecule has 0 radical (unpaired) electrons. The van der Waals surface area contributed by atoms with Crippen LogP contribution in [0.3, 0.4) is 0 Å². The topological polar surface area (TPSA) is 99.1 Å². The highest BCUT2D eigenvalue weighted by Gasteiger charge is 2.20. The highest BCUT2D eigenvalue weighted by atomic mass is 16.5. The summed E-state index contributed by atoms with van der Waals surface area (Å²) in [5.74, 6) is 0.157. The van der Waals surface area contributed by atoms with E-state index in [1.165, 1.54) is 6.08 Å². The van der Waals surface area contributed by atoms with E-state index in [9.17, 15) is 19.5 Å². The van der Waals surface area contributed by atoms with E-state index in [1.807, 2.05) is 6.92 Å². The van der Waals surface area contributed by atoms with Gasteiger partial charge < -0.3 is 19.3 Å². The number of aliphatic hydroxyl groups is 1. The van der Waals surface area contributed by atoms with Crippen LogP contribution in [0.4, 0.5) is 0 Å². The van der Waals surface area contributed by atoms with Crippen molar-refractivity contribution in [3.8, 4) is 5.75 Å². The Hall–Kier alpha value is -3.45. The molecule has 1 aromatic rings. The van der Waals surface area contributed by atoms with E-state index in [2.05, 4.69) is 6.58 Å². The lowest BCUT2D eigenvalue weighted by atomic mass is 10.0. The molecule has 176 valence electrons. The van der Waals surface area contributed by atoms with Crippen LogP contribution in [0.25, 0.3) is 0 Å². The van der Waals surface area contributed by atoms with Crippen LogP contribution >= 0.6 is 0 Å². The number of carbonyl (C=O) groups excluding carboxylic acids is 3. The first-order valence-electron chi connectivity index (χ1n) is 10.9. The fourth-order valence-electron chi connectivity index (χ4n) is 3.13. The number of esters is 2. The minimum absolute atomic E-state index is 0.135. The van der Waals surface area contributed by atoms with Gasteiger partial charge in [0.2, 0.25) is 0 Å². The van der Waals surface area contributed by atoms with E-state index in [1.54, 1.807) is 49.4 Å². The fourth-order valence-corrected chi connectivity index (χ4v) is 3.13. The highest BCUT2D eigenvalue weighted by molar-refractivity contribution is 5.90. The van der Waals surface area contributed by atoms with Gasteiger partial charge in [-0.3, -0.25) is 4.79 Å². The fraction of sp³-hybridized carbons (Fsp3) is 0.346. The van der Waals surface area contributed by atoms with Crippen molar-refractivity contribution in [3.05, 3.63) is 77.6 Å². The van der Waals surface area contributed by atoms with Crippen LogP contribution in [0.1, 0.15) is 49.9 Å². The molecule has 1 aliphatic carbocycles. The standard InChI is InChI=1S/C26H30O7/c1-4-24(23(28)16-18(3)17-27)32-21-13-9-20(10-14-21)26(30)33-22-11-6-19(7-12-22)8-15-25(29)31-5-2/h6,8-11,13-15,17,23-24,28H,3-5,7,12,16H2,1-2H3/b15-8+. The zero-order valence-corrected chi connectivity index (χ0v) is 19.0. The van der Waals surface area contributed by atoms with Gasteiger partial charge in [0, 0.05) is 18.9 Å². The van der Waals surface area contributed by atoms with E-state index < -0.39 is 24.1 Å². The summed E-state index contributed by atoms with van der Waals surface area (Å²) in [6.07, 6.45) is 7.68. The molecule has 1 aromatic carbocycles. The molecular weight excluding hydrogens is 424 g/mol. The largest absolute Gasteiger partial charge is 0.488 e. The van der Waals surface area contributed by atoms with Crippen LogP contribution in [-0.4, -0.2) is 42.1 Å². The summed E-state index contributed by atoms with van der Waals surface area (Å²) in [6, 6.07) is 6.45. The van der Waals surface area contributed by atoms with Crippen LogP contribution in [0.5, 0.6) is 5.75 Å². The van der Waals surface area contributed by atoms with E-state index >= 15 is 0 Å². The first kappa shape index (κ1) is 25.8. The molecule has 0 aromatic heterocycles. The Morgan fingerprint density at radius 1 is 1.15 bits per heavy atom. The number of ether oxygens (including phenoxy) is 3. The molecule has 0 spiro atoms. The van der Waals surface area contributed by atoms with Gasteiger partial charge in [-0.15, -0.1) is 0 Å². The minimum Gasteiger partial charge on any atom is -0.488 e. The summed E-state index contributed by atoms with van der Waals surface area (Å²) in [5.41, 5.74) is 1.61. The SMILES string of the molecule is C=C(C=O)CC(O)C(CC)Oc1ccc(C(=O)OC2=CC=C(/C=C/C(=O)OCC)CC2)cc1. The summed E-state index contributed by atoms with van der Waals surface area (Å²) in [4.78, 5) is 34.6. The van der Waals surface area contributed by atoms with Gasteiger partial charge in [-0.25, -0.2) is 9.59 Å². The molecule has 0 saturated heterocycles. The van der Waals surface area contributed by atoms with E-state index in [-0.39, 0.29) is 6.42 Å². The maximum Gasteiger partial charge on any atom is 0.343 e. The van der Waals surface area contributed by atoms with Crippen LogP contribution in [0, 0.1) is 0 Å².